The maximum atomic E-state index is 15.6. The highest BCUT2D eigenvalue weighted by atomic mass is 19.1. The van der Waals surface area contributed by atoms with Gasteiger partial charge in [-0.05, 0) is 90.1 Å². The Morgan fingerprint density at radius 3 is 2.10 bits per heavy atom. The van der Waals surface area contributed by atoms with Crippen molar-refractivity contribution < 1.29 is 42.6 Å². The van der Waals surface area contributed by atoms with Crippen LogP contribution in [0, 0.1) is 11.7 Å². The molecule has 0 aliphatic heterocycles. The summed E-state index contributed by atoms with van der Waals surface area (Å²) in [6.45, 7) is 8.81. The molecule has 1 aliphatic rings. The van der Waals surface area contributed by atoms with Crippen molar-refractivity contribution in [3.05, 3.63) is 95.1 Å². The van der Waals surface area contributed by atoms with E-state index in [-0.39, 0.29) is 42.5 Å². The number of aromatic nitrogens is 3. The van der Waals surface area contributed by atoms with E-state index in [4.69, 9.17) is 20.9 Å². The molecule has 1 aromatic heterocycles. The van der Waals surface area contributed by atoms with Gasteiger partial charge in [0.2, 0.25) is 17.7 Å². The van der Waals surface area contributed by atoms with Crippen LogP contribution in [0.25, 0.3) is 11.1 Å². The van der Waals surface area contributed by atoms with E-state index in [1.807, 2.05) is 60.4 Å². The summed E-state index contributed by atoms with van der Waals surface area (Å²) in [5, 5.41) is 27.3. The van der Waals surface area contributed by atoms with Crippen LogP contribution in [0.1, 0.15) is 126 Å². The third-order valence-corrected chi connectivity index (χ3v) is 13.6. The first-order valence-electron chi connectivity index (χ1n) is 25.5. The number of rotatable bonds is 34. The van der Waals surface area contributed by atoms with Crippen LogP contribution in [0.5, 0.6) is 11.5 Å². The van der Waals surface area contributed by atoms with Gasteiger partial charge in [0.15, 0.2) is 0 Å². The molecule has 388 valence electrons. The summed E-state index contributed by atoms with van der Waals surface area (Å²) >= 11 is 0. The van der Waals surface area contributed by atoms with Crippen molar-refractivity contribution in [1.82, 2.24) is 30.9 Å². The standard InChI is InChI=1S/C54H78FN9O7/c1-54(2,47-33-39(16-20-44(47)46-35-42(70-4)19-21-48(46)55)38-71-43-14-12-13-41(34-43)45(36-53(68)69)40-17-18-40)49-37-63(62-61-49)29-11-9-7-5-6-8-10-15-50(65)60-28-32-64(3,30-22-51(66)58-26-24-56)31-23-52(67)59-27-25-57/h12-14,16,19-21,33-35,37,40,45H,5-11,15,17-18,22-32,36,38,56-57H2,1-4H3,(H3-,58,59,60,65,66,67,68,69)/p+1/t45-/m0/s1. The van der Waals surface area contributed by atoms with E-state index in [0.29, 0.717) is 111 Å². The Labute approximate surface area is 419 Å². The van der Waals surface area contributed by atoms with Crippen molar-refractivity contribution in [3.8, 4) is 22.6 Å². The molecule has 3 aromatic carbocycles. The van der Waals surface area contributed by atoms with Crippen LogP contribution in [0.4, 0.5) is 4.39 Å². The van der Waals surface area contributed by atoms with Crippen LogP contribution in [0.2, 0.25) is 0 Å². The summed E-state index contributed by atoms with van der Waals surface area (Å²) in [4.78, 5) is 48.9. The highest BCUT2D eigenvalue weighted by Crippen LogP contribution is 2.45. The van der Waals surface area contributed by atoms with Gasteiger partial charge in [-0.25, -0.2) is 4.39 Å². The molecule has 1 atom stereocenters. The van der Waals surface area contributed by atoms with Crippen LogP contribution in [0.15, 0.2) is 66.9 Å². The zero-order valence-electron chi connectivity index (χ0n) is 42.5. The fourth-order valence-corrected chi connectivity index (χ4v) is 9.02. The molecule has 1 fully saturated rings. The van der Waals surface area contributed by atoms with Gasteiger partial charge in [0.05, 0.1) is 65.3 Å². The van der Waals surface area contributed by atoms with E-state index in [1.165, 1.54) is 6.07 Å². The molecule has 5 rings (SSSR count). The quantitative estimate of drug-likeness (QED) is 0.0217. The summed E-state index contributed by atoms with van der Waals surface area (Å²) in [6.07, 6.45) is 12.2. The fourth-order valence-electron chi connectivity index (χ4n) is 9.02. The number of carboxylic acids is 1. The number of hydrogen-bond donors (Lipinski definition) is 6. The Morgan fingerprint density at radius 1 is 0.803 bits per heavy atom. The monoisotopic (exact) mass is 985 g/mol. The number of quaternary nitrogens is 1. The summed E-state index contributed by atoms with van der Waals surface area (Å²) in [7, 11) is 3.57. The lowest BCUT2D eigenvalue weighted by molar-refractivity contribution is -0.907. The van der Waals surface area contributed by atoms with E-state index < -0.39 is 11.4 Å². The molecule has 8 N–H and O–H groups in total. The number of aryl methyl sites for hydroxylation is 1. The number of nitrogens with one attached hydrogen (secondary N) is 3. The number of ether oxygens (including phenoxy) is 2. The Bertz CT molecular complexity index is 2310. The van der Waals surface area contributed by atoms with Crippen LogP contribution < -0.4 is 36.9 Å². The Hall–Kier alpha value is -5.91. The molecule has 0 bridgehead atoms. The van der Waals surface area contributed by atoms with Crippen LogP contribution in [0.3, 0.4) is 0 Å². The van der Waals surface area contributed by atoms with Gasteiger partial charge < -0.3 is 46.5 Å². The lowest BCUT2D eigenvalue weighted by atomic mass is 9.77. The zero-order chi connectivity index (χ0) is 51.2. The van der Waals surface area contributed by atoms with Gasteiger partial charge in [0.1, 0.15) is 23.9 Å². The fraction of sp³-hybridized carbons (Fsp3) is 0.556. The molecule has 0 unspecified atom stereocenters. The van der Waals surface area contributed by atoms with E-state index in [0.717, 1.165) is 80.2 Å². The molecule has 0 saturated heterocycles. The molecule has 71 heavy (non-hydrogen) atoms. The number of aliphatic carboxylic acids is 1. The summed E-state index contributed by atoms with van der Waals surface area (Å²) in [5.41, 5.74) is 14.9. The molecule has 4 aromatic rings. The van der Waals surface area contributed by atoms with Crippen molar-refractivity contribution in [3.63, 3.8) is 0 Å². The number of unbranched alkanes of at least 4 members (excludes halogenated alkanes) is 6. The zero-order valence-corrected chi connectivity index (χ0v) is 42.5. The van der Waals surface area contributed by atoms with Crippen molar-refractivity contribution in [2.75, 3.05) is 66.5 Å². The molecule has 1 aliphatic carbocycles. The Kier molecular flexibility index (Phi) is 22.3. The van der Waals surface area contributed by atoms with Gasteiger partial charge in [-0.15, -0.1) is 5.10 Å². The van der Waals surface area contributed by atoms with Crippen molar-refractivity contribution in [1.29, 1.82) is 0 Å². The molecule has 1 saturated carbocycles. The summed E-state index contributed by atoms with van der Waals surface area (Å²) < 4.78 is 29.8. The number of carbonyl (C=O) groups is 4. The number of carboxylic acid groups (broad SMARTS) is 1. The van der Waals surface area contributed by atoms with Gasteiger partial charge in [-0.1, -0.05) is 81.5 Å². The minimum atomic E-state index is -0.801. The number of amides is 3. The third kappa shape index (κ3) is 18.3. The number of likely N-dealkylation sites (N-methyl/N-ethyl adjacent to an activating group) is 1. The molecule has 16 nitrogen and oxygen atoms in total. The van der Waals surface area contributed by atoms with Gasteiger partial charge in [-0.3, -0.25) is 23.9 Å². The highest BCUT2D eigenvalue weighted by molar-refractivity contribution is 5.77. The van der Waals surface area contributed by atoms with Crippen molar-refractivity contribution >= 4 is 23.7 Å². The first kappa shape index (κ1) is 56.0. The van der Waals surface area contributed by atoms with E-state index >= 15 is 4.39 Å². The second-order valence-electron chi connectivity index (χ2n) is 19.8. The number of hydrogen-bond acceptors (Lipinski definition) is 10. The van der Waals surface area contributed by atoms with Gasteiger partial charge >= 0.3 is 5.97 Å². The van der Waals surface area contributed by atoms with Crippen LogP contribution in [-0.4, -0.2) is 115 Å². The average Bonchev–Trinajstić information content (AvgIpc) is 4.09. The summed E-state index contributed by atoms with van der Waals surface area (Å²) in [6, 6.07) is 18.4. The van der Waals surface area contributed by atoms with E-state index in [1.54, 1.807) is 19.2 Å². The minimum absolute atomic E-state index is 0.00858. The number of nitrogens with zero attached hydrogens (tertiary/aromatic N) is 4. The molecule has 0 spiro atoms. The first-order valence-corrected chi connectivity index (χ1v) is 25.5. The minimum Gasteiger partial charge on any atom is -0.497 e. The SMILES string of the molecule is COc1ccc(F)c(-c2ccc(COc3cccc([C@@H](CC(=O)O)C4CC4)c3)cc2C(C)(C)c2cn(CCCCCCCCCC(=O)NCC[N+](C)(CCC(=O)NCCN)CCC(=O)NCCN)nn2)c1. The van der Waals surface area contributed by atoms with Crippen molar-refractivity contribution in [2.45, 2.75) is 122 Å². The number of carbonyl (C=O) groups excluding carboxylic acids is 3. The average molecular weight is 985 g/mol. The first-order chi connectivity index (χ1) is 34.1. The molecule has 0 radical (unpaired) electrons. The number of methoxy groups -OCH3 is 1. The van der Waals surface area contributed by atoms with Crippen LogP contribution in [-0.2, 0) is 37.7 Å². The molecule has 3 amide bonds. The third-order valence-electron chi connectivity index (χ3n) is 13.6. The lowest BCUT2D eigenvalue weighted by Gasteiger charge is -2.34. The maximum Gasteiger partial charge on any atom is 0.303 e. The molecule has 1 heterocycles. The Balaban J connectivity index is 1.08. The molecular formula is C54H79FN9O7+. The smallest absolute Gasteiger partial charge is 0.303 e. The lowest BCUT2D eigenvalue weighted by Crippen LogP contribution is -2.52. The largest absolute Gasteiger partial charge is 0.497 e. The second-order valence-corrected chi connectivity index (χ2v) is 19.8. The van der Waals surface area contributed by atoms with Gasteiger partial charge in [-0.2, -0.15) is 0 Å². The molecular weight excluding hydrogens is 906 g/mol. The van der Waals surface area contributed by atoms with Gasteiger partial charge in [0.25, 0.3) is 0 Å². The number of halogens is 1. The van der Waals surface area contributed by atoms with Crippen LogP contribution >= 0.6 is 0 Å². The Morgan fingerprint density at radius 2 is 1.45 bits per heavy atom. The molecule has 17 heteroatoms. The maximum absolute atomic E-state index is 15.6. The topological polar surface area (TPSA) is 226 Å². The normalized spacial score (nSPS) is 13.1. The predicted octanol–water partition coefficient (Wildman–Crippen LogP) is 6.58. The second kappa shape index (κ2) is 28.2. The predicted molar refractivity (Wildman–Crippen MR) is 273 cm³/mol. The highest BCUT2D eigenvalue weighted by Gasteiger charge is 2.34. The van der Waals surface area contributed by atoms with Gasteiger partial charge in [0, 0.05) is 56.3 Å². The van der Waals surface area contributed by atoms with E-state index in [9.17, 15) is 24.3 Å². The van der Waals surface area contributed by atoms with Crippen molar-refractivity contribution in [2.24, 2.45) is 17.4 Å². The number of nitrogens with two attached hydrogens (primary N) is 2. The van der Waals surface area contributed by atoms with E-state index in [2.05, 4.69) is 40.1 Å². The number of benzene rings is 3. The summed E-state index contributed by atoms with van der Waals surface area (Å²) in [5.74, 6) is 0.234.